The zero-order valence-electron chi connectivity index (χ0n) is 20.6. The first-order valence-corrected chi connectivity index (χ1v) is 12.5. The van der Waals surface area contributed by atoms with Crippen LogP contribution in [0.25, 0.3) is 0 Å². The van der Waals surface area contributed by atoms with Crippen molar-refractivity contribution in [2.45, 2.75) is 49.9 Å². The Morgan fingerprint density at radius 1 is 0.711 bits per heavy atom. The lowest BCUT2D eigenvalue weighted by Crippen LogP contribution is -2.58. The average Bonchev–Trinajstić information content (AvgIpc) is 2.90. The summed E-state index contributed by atoms with van der Waals surface area (Å²) in [4.78, 5) is 61.5. The van der Waals surface area contributed by atoms with Gasteiger partial charge in [-0.1, -0.05) is 60.7 Å². The van der Waals surface area contributed by atoms with Crippen molar-refractivity contribution in [1.82, 2.24) is 16.0 Å². The summed E-state index contributed by atoms with van der Waals surface area (Å²) in [6, 6.07) is 12.9. The van der Waals surface area contributed by atoms with Gasteiger partial charge in [-0.05, 0) is 17.5 Å². The molecular formula is C26H32N4O7S. The highest BCUT2D eigenvalue weighted by molar-refractivity contribution is 7.80. The van der Waals surface area contributed by atoms with Crippen LogP contribution < -0.4 is 21.7 Å². The lowest BCUT2D eigenvalue weighted by atomic mass is 10.0. The summed E-state index contributed by atoms with van der Waals surface area (Å²) < 4.78 is 0. The zero-order valence-corrected chi connectivity index (χ0v) is 21.5. The van der Waals surface area contributed by atoms with Gasteiger partial charge in [0.05, 0.1) is 6.04 Å². The number of carbonyl (C=O) groups excluding carboxylic acids is 3. The molecule has 0 heterocycles. The van der Waals surface area contributed by atoms with Gasteiger partial charge < -0.3 is 31.9 Å². The molecule has 0 aliphatic heterocycles. The second-order valence-corrected chi connectivity index (χ2v) is 8.99. The molecule has 0 radical (unpaired) electrons. The van der Waals surface area contributed by atoms with Crippen LogP contribution in [0.5, 0.6) is 0 Å². The molecule has 0 spiro atoms. The van der Waals surface area contributed by atoms with Crippen LogP contribution in [-0.4, -0.2) is 69.8 Å². The van der Waals surface area contributed by atoms with Gasteiger partial charge in [-0.15, -0.1) is 0 Å². The van der Waals surface area contributed by atoms with Gasteiger partial charge in [0.1, 0.15) is 18.1 Å². The summed E-state index contributed by atoms with van der Waals surface area (Å²) in [7, 11) is 0. The number of amides is 3. The van der Waals surface area contributed by atoms with Crippen molar-refractivity contribution in [3.8, 4) is 0 Å². The number of hydrogen-bond acceptors (Lipinski definition) is 7. The fourth-order valence-electron chi connectivity index (χ4n) is 3.55. The SMILES string of the molecule is NC(CS)C(=O)NC(Cc1ccccc1)C(=O)NC(Cc1ccccc1)C(=O)NC(CCC(=O)O)C(=O)O. The summed E-state index contributed by atoms with van der Waals surface area (Å²) in [5.41, 5.74) is 7.19. The van der Waals surface area contributed by atoms with Crippen LogP contribution in [0.15, 0.2) is 60.7 Å². The lowest BCUT2D eigenvalue weighted by molar-refractivity contribution is -0.143. The molecule has 0 aliphatic rings. The molecule has 0 aliphatic carbocycles. The first kappa shape index (κ1) is 30.3. The Hall–Kier alpha value is -3.90. The molecule has 0 fully saturated rings. The molecule has 0 saturated heterocycles. The predicted octanol–water partition coefficient (Wildman–Crippen LogP) is 0.133. The number of carboxylic acids is 2. The van der Waals surface area contributed by atoms with Gasteiger partial charge in [-0.2, -0.15) is 12.6 Å². The Bertz CT molecular complexity index is 1100. The smallest absolute Gasteiger partial charge is 0.326 e. The molecule has 12 heteroatoms. The Morgan fingerprint density at radius 3 is 1.53 bits per heavy atom. The van der Waals surface area contributed by atoms with Crippen molar-refractivity contribution in [3.05, 3.63) is 71.8 Å². The monoisotopic (exact) mass is 544 g/mol. The van der Waals surface area contributed by atoms with E-state index >= 15 is 0 Å². The van der Waals surface area contributed by atoms with Crippen molar-refractivity contribution in [2.24, 2.45) is 5.73 Å². The van der Waals surface area contributed by atoms with Gasteiger partial charge in [0.25, 0.3) is 0 Å². The van der Waals surface area contributed by atoms with Crippen molar-refractivity contribution in [2.75, 3.05) is 5.75 Å². The number of aliphatic carboxylic acids is 2. The van der Waals surface area contributed by atoms with Crippen molar-refractivity contribution in [3.63, 3.8) is 0 Å². The second kappa shape index (κ2) is 15.4. The first-order valence-electron chi connectivity index (χ1n) is 11.9. The van der Waals surface area contributed by atoms with E-state index in [2.05, 4.69) is 28.6 Å². The molecule has 0 aromatic heterocycles. The molecular weight excluding hydrogens is 512 g/mol. The minimum Gasteiger partial charge on any atom is -0.481 e. The van der Waals surface area contributed by atoms with Crippen LogP contribution >= 0.6 is 12.6 Å². The Labute approximate surface area is 225 Å². The van der Waals surface area contributed by atoms with Crippen molar-refractivity contribution in [1.29, 1.82) is 0 Å². The Balaban J connectivity index is 2.28. The maximum Gasteiger partial charge on any atom is 0.326 e. The van der Waals surface area contributed by atoms with E-state index in [9.17, 15) is 29.1 Å². The van der Waals surface area contributed by atoms with Gasteiger partial charge >= 0.3 is 11.9 Å². The van der Waals surface area contributed by atoms with E-state index in [1.807, 2.05) is 0 Å². The van der Waals surface area contributed by atoms with E-state index in [4.69, 9.17) is 10.8 Å². The van der Waals surface area contributed by atoms with Crippen LogP contribution in [0.1, 0.15) is 24.0 Å². The van der Waals surface area contributed by atoms with Crippen LogP contribution in [0, 0.1) is 0 Å². The summed E-state index contributed by atoms with van der Waals surface area (Å²) >= 11 is 4.02. The van der Waals surface area contributed by atoms with Gasteiger partial charge in [0, 0.05) is 25.0 Å². The molecule has 2 aromatic rings. The van der Waals surface area contributed by atoms with E-state index in [0.717, 1.165) is 5.56 Å². The maximum atomic E-state index is 13.4. The molecule has 11 nitrogen and oxygen atoms in total. The molecule has 2 aromatic carbocycles. The number of nitrogens with two attached hydrogens (primary N) is 1. The number of carboxylic acid groups (broad SMARTS) is 2. The highest BCUT2D eigenvalue weighted by atomic mass is 32.1. The van der Waals surface area contributed by atoms with Crippen molar-refractivity contribution >= 4 is 42.3 Å². The fraction of sp³-hybridized carbons (Fsp3) is 0.346. The van der Waals surface area contributed by atoms with Crippen LogP contribution in [-0.2, 0) is 36.8 Å². The predicted molar refractivity (Wildman–Crippen MR) is 142 cm³/mol. The molecule has 3 amide bonds. The van der Waals surface area contributed by atoms with E-state index < -0.39 is 60.2 Å². The van der Waals surface area contributed by atoms with Crippen LogP contribution in [0.2, 0.25) is 0 Å². The third kappa shape index (κ3) is 10.2. The van der Waals surface area contributed by atoms with Gasteiger partial charge in [-0.3, -0.25) is 19.2 Å². The van der Waals surface area contributed by atoms with Crippen molar-refractivity contribution < 1.29 is 34.2 Å². The van der Waals surface area contributed by atoms with E-state index in [1.54, 1.807) is 60.7 Å². The Morgan fingerprint density at radius 2 is 1.13 bits per heavy atom. The molecule has 2 rings (SSSR count). The van der Waals surface area contributed by atoms with Crippen LogP contribution in [0.4, 0.5) is 0 Å². The summed E-state index contributed by atoms with van der Waals surface area (Å²) in [5.74, 6) is -4.64. The average molecular weight is 545 g/mol. The molecule has 0 bridgehead atoms. The highest BCUT2D eigenvalue weighted by Gasteiger charge is 2.30. The third-order valence-corrected chi connectivity index (χ3v) is 6.02. The number of rotatable bonds is 15. The van der Waals surface area contributed by atoms with E-state index in [-0.39, 0.29) is 25.0 Å². The van der Waals surface area contributed by atoms with E-state index in [1.165, 1.54) is 0 Å². The second-order valence-electron chi connectivity index (χ2n) is 8.62. The van der Waals surface area contributed by atoms with Gasteiger partial charge in [-0.25, -0.2) is 4.79 Å². The molecule has 38 heavy (non-hydrogen) atoms. The number of benzene rings is 2. The topological polar surface area (TPSA) is 188 Å². The third-order valence-electron chi connectivity index (χ3n) is 5.63. The minimum absolute atomic E-state index is 0.0197. The molecule has 7 N–H and O–H groups in total. The van der Waals surface area contributed by atoms with E-state index in [0.29, 0.717) is 5.56 Å². The summed E-state index contributed by atoms with van der Waals surface area (Å²) in [5, 5.41) is 25.9. The maximum absolute atomic E-state index is 13.4. The fourth-order valence-corrected chi connectivity index (χ4v) is 3.72. The number of hydrogen-bond donors (Lipinski definition) is 7. The highest BCUT2D eigenvalue weighted by Crippen LogP contribution is 2.08. The van der Waals surface area contributed by atoms with Crippen LogP contribution in [0.3, 0.4) is 0 Å². The first-order chi connectivity index (χ1) is 18.1. The summed E-state index contributed by atoms with van der Waals surface area (Å²) in [6.07, 6.45) is -0.681. The largest absolute Gasteiger partial charge is 0.481 e. The lowest BCUT2D eigenvalue weighted by Gasteiger charge is -2.25. The Kier molecular flexibility index (Phi) is 12.3. The number of thiol groups is 1. The minimum atomic E-state index is -1.47. The zero-order chi connectivity index (χ0) is 28.1. The number of carbonyl (C=O) groups is 5. The summed E-state index contributed by atoms with van der Waals surface area (Å²) in [6.45, 7) is 0. The standard InChI is InChI=1S/C26H32N4O7S/c27-18(15-38)23(33)29-20(13-16-7-3-1-4-8-16)25(35)30-21(14-17-9-5-2-6-10-17)24(34)28-19(26(36)37)11-12-22(31)32/h1-10,18-21,38H,11-15,27H2,(H,28,34)(H,29,33)(H,30,35)(H,31,32)(H,36,37). The molecule has 4 unspecified atom stereocenters. The quantitative estimate of drug-likeness (QED) is 0.154. The number of nitrogens with one attached hydrogen (secondary N) is 3. The van der Waals surface area contributed by atoms with Gasteiger partial charge in [0.2, 0.25) is 17.7 Å². The molecule has 0 saturated carbocycles. The molecule has 204 valence electrons. The normalized spacial score (nSPS) is 13.8. The van der Waals surface area contributed by atoms with Gasteiger partial charge in [0.15, 0.2) is 0 Å². The molecule has 4 atom stereocenters.